The summed E-state index contributed by atoms with van der Waals surface area (Å²) in [6.45, 7) is 3.47. The molecule has 1 amide bonds. The molecule has 2 aliphatic heterocycles. The second kappa shape index (κ2) is 5.92. The van der Waals surface area contributed by atoms with Gasteiger partial charge in [0.15, 0.2) is 5.76 Å². The zero-order valence-electron chi connectivity index (χ0n) is 13.5. The first kappa shape index (κ1) is 16.5. The predicted octanol–water partition coefficient (Wildman–Crippen LogP) is 0.746. The number of hydrogen-bond acceptors (Lipinski definition) is 5. The summed E-state index contributed by atoms with van der Waals surface area (Å²) in [5.41, 5.74) is 0.333. The van der Waals surface area contributed by atoms with Gasteiger partial charge in [0, 0.05) is 33.7 Å². The Bertz CT molecular complexity index is 679. The highest BCUT2D eigenvalue weighted by Gasteiger charge is 2.38. The third-order valence-electron chi connectivity index (χ3n) is 4.97. The number of nitrogens with one attached hydrogen (secondary N) is 1. The molecule has 0 saturated carbocycles. The first-order valence-corrected chi connectivity index (χ1v) is 9.30. The second-order valence-electron chi connectivity index (χ2n) is 6.63. The Hall–Kier alpha value is -1.38. The molecule has 2 aliphatic rings. The van der Waals surface area contributed by atoms with E-state index in [0.29, 0.717) is 18.5 Å². The molecule has 0 aliphatic carbocycles. The number of nitrogens with zero attached hydrogens (tertiary/aromatic N) is 2. The van der Waals surface area contributed by atoms with Gasteiger partial charge in [0.2, 0.25) is 5.09 Å². The number of likely N-dealkylation sites (tertiary alicyclic amines) is 1. The van der Waals surface area contributed by atoms with E-state index in [9.17, 15) is 13.2 Å². The number of amides is 1. The first-order chi connectivity index (χ1) is 10.8. The smallest absolute Gasteiger partial charge is 0.289 e. The lowest BCUT2D eigenvalue weighted by molar-refractivity contribution is 0.0571. The molecule has 0 atom stereocenters. The largest absolute Gasteiger partial charge is 0.438 e. The van der Waals surface area contributed by atoms with Gasteiger partial charge in [-0.05, 0) is 43.4 Å². The number of furan rings is 1. The molecule has 1 aromatic rings. The topological polar surface area (TPSA) is 82.9 Å². The molecule has 23 heavy (non-hydrogen) atoms. The van der Waals surface area contributed by atoms with Crippen molar-refractivity contribution >= 4 is 15.9 Å². The Morgan fingerprint density at radius 3 is 2.52 bits per heavy atom. The monoisotopic (exact) mass is 341 g/mol. The van der Waals surface area contributed by atoms with E-state index in [1.807, 2.05) is 0 Å². The fraction of sp³-hybridized carbons (Fsp3) is 0.667. The molecule has 2 saturated heterocycles. The molecule has 1 aromatic heterocycles. The van der Waals surface area contributed by atoms with Crippen LogP contribution in [-0.4, -0.2) is 63.8 Å². The number of rotatable bonds is 3. The van der Waals surface area contributed by atoms with Crippen LogP contribution in [0.3, 0.4) is 0 Å². The molecule has 3 rings (SSSR count). The Labute approximate surface area is 136 Å². The van der Waals surface area contributed by atoms with Crippen LogP contribution in [0.1, 0.15) is 29.8 Å². The molecular formula is C15H23N3O4S. The van der Waals surface area contributed by atoms with Crippen molar-refractivity contribution in [1.29, 1.82) is 0 Å². The maximum Gasteiger partial charge on any atom is 0.289 e. The van der Waals surface area contributed by atoms with Crippen LogP contribution >= 0.6 is 0 Å². The van der Waals surface area contributed by atoms with E-state index in [0.717, 1.165) is 30.2 Å². The van der Waals surface area contributed by atoms with Crippen LogP contribution < -0.4 is 5.32 Å². The van der Waals surface area contributed by atoms with Gasteiger partial charge in [0.25, 0.3) is 15.9 Å². The minimum absolute atomic E-state index is 0.0888. The van der Waals surface area contributed by atoms with Crippen LogP contribution in [0, 0.1) is 5.41 Å². The zero-order valence-corrected chi connectivity index (χ0v) is 14.4. The summed E-state index contributed by atoms with van der Waals surface area (Å²) in [6.07, 6.45) is 3.13. The Morgan fingerprint density at radius 2 is 1.96 bits per heavy atom. The van der Waals surface area contributed by atoms with Crippen molar-refractivity contribution in [3.8, 4) is 0 Å². The number of carbonyl (C=O) groups excluding carboxylic acids is 1. The summed E-state index contributed by atoms with van der Waals surface area (Å²) in [5, 5.41) is 3.20. The van der Waals surface area contributed by atoms with Gasteiger partial charge >= 0.3 is 0 Å². The molecule has 0 unspecified atom stereocenters. The molecular weight excluding hydrogens is 318 g/mol. The summed E-state index contributed by atoms with van der Waals surface area (Å²) in [7, 11) is -0.792. The molecule has 1 spiro atoms. The fourth-order valence-electron chi connectivity index (χ4n) is 3.32. The zero-order chi connectivity index (χ0) is 16.7. The van der Waals surface area contributed by atoms with Crippen LogP contribution in [0.15, 0.2) is 21.6 Å². The lowest BCUT2D eigenvalue weighted by Gasteiger charge is -2.38. The standard InChI is InChI=1S/C15H23N3O4S/c1-17(2)23(20,21)13-4-3-12(22-13)14(19)18-9-6-15(7-10-18)5-8-16-11-15/h3-4,16H,5-11H2,1-2H3. The predicted molar refractivity (Wildman–Crippen MR) is 84.6 cm³/mol. The molecule has 0 aromatic carbocycles. The summed E-state index contributed by atoms with van der Waals surface area (Å²) >= 11 is 0. The van der Waals surface area contributed by atoms with Crippen LogP contribution in [-0.2, 0) is 10.0 Å². The van der Waals surface area contributed by atoms with E-state index in [1.165, 1.54) is 32.6 Å². The highest BCUT2D eigenvalue weighted by Crippen LogP contribution is 2.37. The normalized spacial score (nSPS) is 21.3. The number of carbonyl (C=O) groups is 1. The third-order valence-corrected chi connectivity index (χ3v) is 6.66. The van der Waals surface area contributed by atoms with Crippen LogP contribution in [0.5, 0.6) is 0 Å². The lowest BCUT2D eigenvalue weighted by Crippen LogP contribution is -2.43. The maximum atomic E-state index is 12.5. The van der Waals surface area contributed by atoms with Crippen LogP contribution in [0.2, 0.25) is 0 Å². The van der Waals surface area contributed by atoms with Gasteiger partial charge in [0.05, 0.1) is 0 Å². The molecule has 8 heteroatoms. The van der Waals surface area contributed by atoms with Gasteiger partial charge in [-0.15, -0.1) is 0 Å². The van der Waals surface area contributed by atoms with E-state index < -0.39 is 10.0 Å². The SMILES string of the molecule is CN(C)S(=O)(=O)c1ccc(C(=O)N2CCC3(CCNC3)CC2)o1. The van der Waals surface area contributed by atoms with Crippen molar-refractivity contribution in [2.45, 2.75) is 24.4 Å². The molecule has 1 N–H and O–H groups in total. The van der Waals surface area contributed by atoms with Gasteiger partial charge in [-0.3, -0.25) is 4.79 Å². The highest BCUT2D eigenvalue weighted by atomic mass is 32.2. The molecule has 0 bridgehead atoms. The Morgan fingerprint density at radius 1 is 1.26 bits per heavy atom. The average molecular weight is 341 g/mol. The lowest BCUT2D eigenvalue weighted by atomic mass is 9.78. The van der Waals surface area contributed by atoms with Crippen LogP contribution in [0.25, 0.3) is 0 Å². The van der Waals surface area contributed by atoms with E-state index in [1.54, 1.807) is 4.90 Å². The third kappa shape index (κ3) is 3.02. The summed E-state index contributed by atoms with van der Waals surface area (Å²) in [4.78, 5) is 14.3. The van der Waals surface area contributed by atoms with E-state index in [2.05, 4.69) is 5.32 Å². The van der Waals surface area contributed by atoms with Crippen molar-refractivity contribution in [3.05, 3.63) is 17.9 Å². The van der Waals surface area contributed by atoms with E-state index >= 15 is 0 Å². The van der Waals surface area contributed by atoms with Gasteiger partial charge in [-0.25, -0.2) is 12.7 Å². The van der Waals surface area contributed by atoms with Gasteiger partial charge in [0.1, 0.15) is 0 Å². The minimum Gasteiger partial charge on any atom is -0.438 e. The highest BCUT2D eigenvalue weighted by molar-refractivity contribution is 7.88. The fourth-order valence-corrected chi connectivity index (χ4v) is 4.11. The molecule has 3 heterocycles. The average Bonchev–Trinajstić information content (AvgIpc) is 3.17. The maximum absolute atomic E-state index is 12.5. The van der Waals surface area contributed by atoms with Crippen molar-refractivity contribution in [3.63, 3.8) is 0 Å². The van der Waals surface area contributed by atoms with E-state index in [-0.39, 0.29) is 16.8 Å². The van der Waals surface area contributed by atoms with Crippen molar-refractivity contribution in [1.82, 2.24) is 14.5 Å². The summed E-state index contributed by atoms with van der Waals surface area (Å²) in [6, 6.07) is 2.79. The summed E-state index contributed by atoms with van der Waals surface area (Å²) < 4.78 is 30.4. The number of hydrogen-bond donors (Lipinski definition) is 1. The van der Waals surface area contributed by atoms with Crippen molar-refractivity contribution < 1.29 is 17.6 Å². The van der Waals surface area contributed by atoms with Gasteiger partial charge < -0.3 is 14.6 Å². The molecule has 7 nitrogen and oxygen atoms in total. The Balaban J connectivity index is 1.69. The minimum atomic E-state index is -3.65. The summed E-state index contributed by atoms with van der Waals surface area (Å²) in [5.74, 6) is -0.142. The van der Waals surface area contributed by atoms with Crippen molar-refractivity contribution in [2.24, 2.45) is 5.41 Å². The van der Waals surface area contributed by atoms with E-state index in [4.69, 9.17) is 4.42 Å². The Kier molecular flexibility index (Phi) is 4.24. The van der Waals surface area contributed by atoms with Crippen molar-refractivity contribution in [2.75, 3.05) is 40.3 Å². The quantitative estimate of drug-likeness (QED) is 0.877. The molecule has 2 fully saturated rings. The van der Waals surface area contributed by atoms with Crippen LogP contribution in [0.4, 0.5) is 0 Å². The number of piperidine rings is 1. The van der Waals surface area contributed by atoms with Gasteiger partial charge in [-0.2, -0.15) is 0 Å². The van der Waals surface area contributed by atoms with Gasteiger partial charge in [-0.1, -0.05) is 0 Å². The molecule has 128 valence electrons. The number of sulfonamides is 1. The second-order valence-corrected chi connectivity index (χ2v) is 8.71. The molecule has 0 radical (unpaired) electrons. The first-order valence-electron chi connectivity index (χ1n) is 7.86.